The predicted octanol–water partition coefficient (Wildman–Crippen LogP) is 5.72. The number of carbonyl (C=O) groups excluding carboxylic acids is 2. The maximum atomic E-state index is 12.2. The molecule has 0 aliphatic carbocycles. The van der Waals surface area contributed by atoms with Crippen molar-refractivity contribution in [2.24, 2.45) is 5.73 Å². The molecule has 0 atom stereocenters. The number of urea groups is 1. The van der Waals surface area contributed by atoms with E-state index >= 15 is 0 Å². The number of rotatable bonds is 8. The number of aromatic nitrogens is 1. The van der Waals surface area contributed by atoms with Crippen molar-refractivity contribution in [1.29, 1.82) is 0 Å². The summed E-state index contributed by atoms with van der Waals surface area (Å²) in [6, 6.07) is 9.20. The molecule has 3 rings (SSSR count). The molecule has 0 unspecified atom stereocenters. The van der Waals surface area contributed by atoms with Crippen LogP contribution in [0.4, 0.5) is 10.5 Å². The van der Waals surface area contributed by atoms with Crippen LogP contribution < -0.4 is 20.5 Å². The van der Waals surface area contributed by atoms with Crippen molar-refractivity contribution in [3.8, 4) is 17.2 Å². The second-order valence-corrected chi connectivity index (χ2v) is 7.43. The van der Waals surface area contributed by atoms with Gasteiger partial charge in [-0.1, -0.05) is 17.2 Å². The third-order valence-electron chi connectivity index (χ3n) is 4.39. The van der Waals surface area contributed by atoms with E-state index in [1.807, 2.05) is 6.92 Å². The van der Waals surface area contributed by atoms with Crippen molar-refractivity contribution in [2.45, 2.75) is 20.3 Å². The van der Waals surface area contributed by atoms with Gasteiger partial charge in [0.25, 0.3) is 0 Å². The predicted molar refractivity (Wildman–Crippen MR) is 121 cm³/mol. The Kier molecular flexibility index (Phi) is 6.77. The molecule has 0 fully saturated rings. The minimum Gasteiger partial charge on any atom is -0.492 e. The standard InChI is InChI=1S/C23H22ClN3O4/c1-13(2)7-9-30-22-12-20-17(11-16(22)14(3)28)21(6-8-26-20)31-15-4-5-19(18(24)10-15)27-23(25)29/h4-6,8,10-12H,1,7,9H2,2-3H3,(H3,25,27,29). The Morgan fingerprint density at radius 3 is 2.58 bits per heavy atom. The van der Waals surface area contributed by atoms with Crippen molar-refractivity contribution in [2.75, 3.05) is 11.9 Å². The van der Waals surface area contributed by atoms with Gasteiger partial charge in [-0.2, -0.15) is 0 Å². The normalized spacial score (nSPS) is 10.5. The molecule has 0 radical (unpaired) electrons. The van der Waals surface area contributed by atoms with Crippen LogP contribution in [0.2, 0.25) is 5.02 Å². The third kappa shape index (κ3) is 5.52. The lowest BCUT2D eigenvalue weighted by Crippen LogP contribution is -2.19. The number of carbonyl (C=O) groups is 2. The Morgan fingerprint density at radius 1 is 1.16 bits per heavy atom. The number of benzene rings is 2. The average molecular weight is 440 g/mol. The van der Waals surface area contributed by atoms with Gasteiger partial charge >= 0.3 is 6.03 Å². The number of amides is 2. The van der Waals surface area contributed by atoms with Crippen LogP contribution >= 0.6 is 11.6 Å². The number of halogens is 1. The summed E-state index contributed by atoms with van der Waals surface area (Å²) in [6.45, 7) is 7.68. The molecule has 0 spiro atoms. The first-order valence-corrected chi connectivity index (χ1v) is 9.87. The van der Waals surface area contributed by atoms with E-state index in [0.717, 1.165) is 5.57 Å². The molecule has 0 bridgehead atoms. The maximum absolute atomic E-state index is 12.2. The van der Waals surface area contributed by atoms with Crippen molar-refractivity contribution >= 4 is 40.0 Å². The lowest BCUT2D eigenvalue weighted by Gasteiger charge is -2.14. The van der Waals surface area contributed by atoms with Crippen LogP contribution in [0.25, 0.3) is 10.9 Å². The molecular formula is C23H22ClN3O4. The quantitative estimate of drug-likeness (QED) is 0.345. The van der Waals surface area contributed by atoms with Crippen LogP contribution in [0.1, 0.15) is 30.6 Å². The number of fused-ring (bicyclic) bond motifs is 1. The Hall–Kier alpha value is -3.58. The van der Waals surface area contributed by atoms with E-state index in [-0.39, 0.29) is 10.8 Å². The van der Waals surface area contributed by atoms with E-state index in [9.17, 15) is 9.59 Å². The fourth-order valence-electron chi connectivity index (χ4n) is 2.89. The molecule has 31 heavy (non-hydrogen) atoms. The second-order valence-electron chi connectivity index (χ2n) is 7.02. The van der Waals surface area contributed by atoms with Gasteiger partial charge in [-0.05, 0) is 38.1 Å². The SMILES string of the molecule is C=C(C)CCOc1cc2nccc(Oc3ccc(NC(N)=O)c(Cl)c3)c2cc1C(C)=O. The van der Waals surface area contributed by atoms with E-state index in [4.69, 9.17) is 26.8 Å². The van der Waals surface area contributed by atoms with E-state index < -0.39 is 6.03 Å². The number of hydrogen-bond acceptors (Lipinski definition) is 5. The Balaban J connectivity index is 1.95. The number of nitrogens with two attached hydrogens (primary N) is 1. The second kappa shape index (κ2) is 9.49. The molecule has 2 amide bonds. The van der Waals surface area contributed by atoms with Gasteiger partial charge in [0, 0.05) is 30.1 Å². The summed E-state index contributed by atoms with van der Waals surface area (Å²) in [5.41, 5.74) is 7.54. The van der Waals surface area contributed by atoms with Crippen LogP contribution in [-0.4, -0.2) is 23.4 Å². The topological polar surface area (TPSA) is 104 Å². The van der Waals surface area contributed by atoms with Crippen LogP contribution in [-0.2, 0) is 0 Å². The number of nitrogens with zero attached hydrogens (tertiary/aromatic N) is 1. The number of primary amides is 1. The van der Waals surface area contributed by atoms with Gasteiger partial charge in [0.1, 0.15) is 17.2 Å². The third-order valence-corrected chi connectivity index (χ3v) is 4.71. The van der Waals surface area contributed by atoms with Crippen LogP contribution in [0.3, 0.4) is 0 Å². The van der Waals surface area contributed by atoms with Crippen molar-refractivity contribution in [1.82, 2.24) is 4.98 Å². The van der Waals surface area contributed by atoms with Crippen LogP contribution in [0.5, 0.6) is 17.2 Å². The first kappa shape index (κ1) is 22.1. The minimum absolute atomic E-state index is 0.132. The summed E-state index contributed by atoms with van der Waals surface area (Å²) >= 11 is 6.19. The zero-order valence-corrected chi connectivity index (χ0v) is 18.0. The molecule has 0 saturated carbocycles. The maximum Gasteiger partial charge on any atom is 0.316 e. The molecule has 0 aliphatic rings. The Labute approximate surface area is 184 Å². The molecule has 0 aliphatic heterocycles. The molecule has 7 nitrogen and oxygen atoms in total. The minimum atomic E-state index is -0.714. The van der Waals surface area contributed by atoms with Gasteiger partial charge in [0.15, 0.2) is 5.78 Å². The number of hydrogen-bond donors (Lipinski definition) is 2. The zero-order valence-electron chi connectivity index (χ0n) is 17.2. The van der Waals surface area contributed by atoms with Gasteiger partial charge in [-0.15, -0.1) is 6.58 Å². The number of ketones is 1. The van der Waals surface area contributed by atoms with Crippen molar-refractivity contribution < 1.29 is 19.1 Å². The molecule has 1 heterocycles. The lowest BCUT2D eigenvalue weighted by atomic mass is 10.1. The van der Waals surface area contributed by atoms with Crippen molar-refractivity contribution in [3.63, 3.8) is 0 Å². The fraction of sp³-hybridized carbons (Fsp3) is 0.174. The number of anilines is 1. The molecule has 3 aromatic rings. The first-order valence-electron chi connectivity index (χ1n) is 9.49. The van der Waals surface area contributed by atoms with E-state index in [1.54, 1.807) is 42.6 Å². The number of nitrogens with one attached hydrogen (secondary N) is 1. The molecule has 8 heteroatoms. The highest BCUT2D eigenvalue weighted by Gasteiger charge is 2.15. The average Bonchev–Trinajstić information content (AvgIpc) is 2.69. The van der Waals surface area contributed by atoms with Crippen molar-refractivity contribution in [3.05, 3.63) is 65.3 Å². The van der Waals surface area contributed by atoms with E-state index in [0.29, 0.717) is 52.4 Å². The largest absolute Gasteiger partial charge is 0.492 e. The summed E-state index contributed by atoms with van der Waals surface area (Å²) in [4.78, 5) is 27.6. The zero-order chi connectivity index (χ0) is 22.5. The van der Waals surface area contributed by atoms with Crippen LogP contribution in [0, 0.1) is 0 Å². The van der Waals surface area contributed by atoms with Gasteiger partial charge < -0.3 is 20.5 Å². The summed E-state index contributed by atoms with van der Waals surface area (Å²) in [6.07, 6.45) is 2.29. The molecular weight excluding hydrogens is 418 g/mol. The summed E-state index contributed by atoms with van der Waals surface area (Å²) in [5, 5.41) is 3.35. The number of ether oxygens (including phenoxy) is 2. The van der Waals surface area contributed by atoms with Gasteiger partial charge in [-0.25, -0.2) is 4.79 Å². The summed E-state index contributed by atoms with van der Waals surface area (Å²) < 4.78 is 11.8. The molecule has 1 aromatic heterocycles. The van der Waals surface area contributed by atoms with Gasteiger partial charge in [0.05, 0.1) is 28.4 Å². The lowest BCUT2D eigenvalue weighted by molar-refractivity contribution is 0.101. The molecule has 0 saturated heterocycles. The molecule has 3 N–H and O–H groups in total. The smallest absolute Gasteiger partial charge is 0.316 e. The Bertz CT molecular complexity index is 1180. The molecule has 2 aromatic carbocycles. The monoisotopic (exact) mass is 439 g/mol. The Morgan fingerprint density at radius 2 is 1.94 bits per heavy atom. The van der Waals surface area contributed by atoms with Crippen LogP contribution in [0.15, 0.2) is 54.7 Å². The van der Waals surface area contributed by atoms with E-state index in [1.165, 1.54) is 6.92 Å². The van der Waals surface area contributed by atoms with E-state index in [2.05, 4.69) is 16.9 Å². The highest BCUT2D eigenvalue weighted by atomic mass is 35.5. The molecule has 160 valence electrons. The number of pyridine rings is 1. The summed E-state index contributed by atoms with van der Waals surface area (Å²) in [7, 11) is 0. The highest BCUT2D eigenvalue weighted by molar-refractivity contribution is 6.33. The first-order chi connectivity index (χ1) is 14.7. The number of Topliss-reactive ketones (excluding diaryl/α,β-unsaturated/α-hetero) is 1. The van der Waals surface area contributed by atoms with Gasteiger partial charge in [0.2, 0.25) is 0 Å². The summed E-state index contributed by atoms with van der Waals surface area (Å²) in [5.74, 6) is 1.27. The van der Waals surface area contributed by atoms with Gasteiger partial charge in [-0.3, -0.25) is 9.78 Å². The highest BCUT2D eigenvalue weighted by Crippen LogP contribution is 2.35. The fourth-order valence-corrected chi connectivity index (χ4v) is 3.11.